The van der Waals surface area contributed by atoms with Crippen LogP contribution in [-0.2, 0) is 27.3 Å². The summed E-state index contributed by atoms with van der Waals surface area (Å²) in [5.74, 6) is -0.173. The van der Waals surface area contributed by atoms with Crippen LogP contribution in [0.1, 0.15) is 41.9 Å². The molecule has 2 aromatic heterocycles. The normalized spacial score (nSPS) is 15.3. The van der Waals surface area contributed by atoms with Crippen molar-refractivity contribution in [2.75, 3.05) is 19.0 Å². The minimum atomic E-state index is -0.472. The molecule has 1 aliphatic rings. The zero-order chi connectivity index (χ0) is 22.8. The van der Waals surface area contributed by atoms with Crippen LogP contribution in [-0.4, -0.2) is 35.1 Å². The topological polar surface area (TPSA) is 99.5 Å². The van der Waals surface area contributed by atoms with Gasteiger partial charge in [-0.15, -0.1) is 11.3 Å². The van der Waals surface area contributed by atoms with Gasteiger partial charge < -0.3 is 14.8 Å². The van der Waals surface area contributed by atoms with E-state index in [9.17, 15) is 14.4 Å². The Morgan fingerprint density at radius 2 is 2.09 bits per heavy atom. The molecule has 3 aromatic rings. The molecule has 1 amide bonds. The van der Waals surface area contributed by atoms with Gasteiger partial charge in [0.2, 0.25) is 5.91 Å². The number of rotatable bonds is 6. The molecule has 0 spiro atoms. The lowest BCUT2D eigenvalue weighted by Crippen LogP contribution is -2.31. The number of anilines is 1. The standard InChI is InChI=1S/C23H25N3O5S/c1-4-31-23(29)14-8-7-11-17-19(14)20-21(32-17)24-13(2)26(22(20)28)12-18(27)25-15-9-5-6-10-16(15)30-3/h5-6,9-10,14H,4,7-8,11-12H2,1-3H3,(H,25,27). The maximum absolute atomic E-state index is 13.5. The number of nitrogens with one attached hydrogen (secondary N) is 1. The number of aromatic nitrogens is 2. The second-order valence-corrected chi connectivity index (χ2v) is 8.70. The lowest BCUT2D eigenvalue weighted by Gasteiger charge is -2.21. The number of ether oxygens (including phenoxy) is 2. The number of nitrogens with zero attached hydrogens (tertiary/aromatic N) is 2. The largest absolute Gasteiger partial charge is 0.495 e. The van der Waals surface area contributed by atoms with E-state index < -0.39 is 5.92 Å². The van der Waals surface area contributed by atoms with Crippen LogP contribution in [0.4, 0.5) is 5.69 Å². The Balaban J connectivity index is 1.72. The zero-order valence-corrected chi connectivity index (χ0v) is 19.1. The second-order valence-electron chi connectivity index (χ2n) is 7.61. The summed E-state index contributed by atoms with van der Waals surface area (Å²) in [5.41, 5.74) is 0.942. The van der Waals surface area contributed by atoms with Crippen molar-refractivity contribution in [3.05, 3.63) is 50.9 Å². The summed E-state index contributed by atoms with van der Waals surface area (Å²) in [4.78, 5) is 45.0. The molecule has 8 nitrogen and oxygen atoms in total. The second kappa shape index (κ2) is 9.12. The van der Waals surface area contributed by atoms with E-state index >= 15 is 0 Å². The van der Waals surface area contributed by atoms with E-state index in [-0.39, 0.29) is 30.6 Å². The molecule has 4 rings (SSSR count). The van der Waals surface area contributed by atoms with E-state index in [2.05, 4.69) is 10.3 Å². The molecule has 0 aliphatic heterocycles. The highest BCUT2D eigenvalue weighted by Gasteiger charge is 2.33. The smallest absolute Gasteiger partial charge is 0.313 e. The van der Waals surface area contributed by atoms with Crippen molar-refractivity contribution >= 4 is 39.1 Å². The number of aryl methyl sites for hydroxylation is 2. The van der Waals surface area contributed by atoms with E-state index in [0.29, 0.717) is 33.9 Å². The summed E-state index contributed by atoms with van der Waals surface area (Å²) in [7, 11) is 1.52. The molecular weight excluding hydrogens is 430 g/mol. The molecule has 1 aromatic carbocycles. The molecule has 1 aliphatic carbocycles. The average molecular weight is 456 g/mol. The molecule has 0 saturated heterocycles. The van der Waals surface area contributed by atoms with Crippen LogP contribution in [0.15, 0.2) is 29.1 Å². The Hall–Kier alpha value is -3.20. The van der Waals surface area contributed by atoms with Crippen molar-refractivity contribution in [3.63, 3.8) is 0 Å². The van der Waals surface area contributed by atoms with Crippen LogP contribution in [0.5, 0.6) is 5.75 Å². The maximum atomic E-state index is 13.5. The average Bonchev–Trinajstić information content (AvgIpc) is 3.15. The lowest BCUT2D eigenvalue weighted by atomic mass is 9.86. The zero-order valence-electron chi connectivity index (χ0n) is 18.3. The molecule has 168 valence electrons. The first kappa shape index (κ1) is 22.0. The molecule has 1 unspecified atom stereocenters. The Kier molecular flexibility index (Phi) is 6.27. The summed E-state index contributed by atoms with van der Waals surface area (Å²) in [5, 5.41) is 3.22. The van der Waals surface area contributed by atoms with Gasteiger partial charge in [-0.05, 0) is 50.8 Å². The van der Waals surface area contributed by atoms with Crippen molar-refractivity contribution in [1.82, 2.24) is 9.55 Å². The Morgan fingerprint density at radius 3 is 2.84 bits per heavy atom. The highest BCUT2D eigenvalue weighted by molar-refractivity contribution is 7.18. The van der Waals surface area contributed by atoms with Crippen molar-refractivity contribution in [3.8, 4) is 5.75 Å². The van der Waals surface area contributed by atoms with Gasteiger partial charge in [0, 0.05) is 4.88 Å². The van der Waals surface area contributed by atoms with Crippen molar-refractivity contribution in [2.24, 2.45) is 0 Å². The van der Waals surface area contributed by atoms with E-state index in [0.717, 1.165) is 23.3 Å². The van der Waals surface area contributed by atoms with E-state index in [1.165, 1.54) is 23.0 Å². The third kappa shape index (κ3) is 4.00. The van der Waals surface area contributed by atoms with Gasteiger partial charge >= 0.3 is 5.97 Å². The summed E-state index contributed by atoms with van der Waals surface area (Å²) in [6.45, 7) is 3.57. The van der Waals surface area contributed by atoms with Crippen molar-refractivity contribution < 1.29 is 19.1 Å². The maximum Gasteiger partial charge on any atom is 0.313 e. The third-order valence-corrected chi connectivity index (χ3v) is 6.77. The van der Waals surface area contributed by atoms with Crippen LogP contribution in [0, 0.1) is 6.92 Å². The van der Waals surface area contributed by atoms with Crippen LogP contribution in [0.2, 0.25) is 0 Å². The van der Waals surface area contributed by atoms with E-state index in [1.54, 1.807) is 38.1 Å². The minimum absolute atomic E-state index is 0.194. The molecule has 2 heterocycles. The van der Waals surface area contributed by atoms with Gasteiger partial charge in [0.25, 0.3) is 5.56 Å². The van der Waals surface area contributed by atoms with Crippen LogP contribution in [0.3, 0.4) is 0 Å². The number of thiophene rings is 1. The summed E-state index contributed by atoms with van der Waals surface area (Å²) in [6, 6.07) is 7.07. The van der Waals surface area contributed by atoms with Crippen molar-refractivity contribution in [2.45, 2.75) is 45.6 Å². The fourth-order valence-electron chi connectivity index (χ4n) is 4.16. The molecular formula is C23H25N3O5S. The summed E-state index contributed by atoms with van der Waals surface area (Å²) >= 11 is 1.45. The molecule has 0 saturated carbocycles. The number of carbonyl (C=O) groups excluding carboxylic acids is 2. The highest BCUT2D eigenvalue weighted by Crippen LogP contribution is 2.41. The number of fused-ring (bicyclic) bond motifs is 3. The fraction of sp³-hybridized carbons (Fsp3) is 0.391. The minimum Gasteiger partial charge on any atom is -0.495 e. The third-order valence-electron chi connectivity index (χ3n) is 5.62. The molecule has 0 bridgehead atoms. The van der Waals surface area contributed by atoms with Gasteiger partial charge in [-0.2, -0.15) is 0 Å². The predicted molar refractivity (Wildman–Crippen MR) is 123 cm³/mol. The van der Waals surface area contributed by atoms with Crippen LogP contribution < -0.4 is 15.6 Å². The Bertz CT molecular complexity index is 1250. The molecule has 32 heavy (non-hydrogen) atoms. The first-order valence-corrected chi connectivity index (χ1v) is 11.4. The molecule has 0 fully saturated rings. The molecule has 0 radical (unpaired) electrons. The summed E-state index contributed by atoms with van der Waals surface area (Å²) in [6.07, 6.45) is 2.30. The quantitative estimate of drug-likeness (QED) is 0.572. The van der Waals surface area contributed by atoms with E-state index in [4.69, 9.17) is 9.47 Å². The molecule has 1 atom stereocenters. The first-order valence-electron chi connectivity index (χ1n) is 10.6. The van der Waals surface area contributed by atoms with E-state index in [1.807, 2.05) is 0 Å². The van der Waals surface area contributed by atoms with Gasteiger partial charge in [0.15, 0.2) is 0 Å². The van der Waals surface area contributed by atoms with Gasteiger partial charge in [-0.1, -0.05) is 12.1 Å². The number of benzene rings is 1. The summed E-state index contributed by atoms with van der Waals surface area (Å²) < 4.78 is 11.9. The number of para-hydroxylation sites is 2. The van der Waals surface area contributed by atoms with Crippen molar-refractivity contribution in [1.29, 1.82) is 0 Å². The number of esters is 1. The predicted octanol–water partition coefficient (Wildman–Crippen LogP) is 3.40. The monoisotopic (exact) mass is 455 g/mol. The van der Waals surface area contributed by atoms with Gasteiger partial charge in [0.05, 0.1) is 30.7 Å². The first-order chi connectivity index (χ1) is 15.4. The SMILES string of the molecule is CCOC(=O)C1CCCc2sc3nc(C)n(CC(=O)Nc4ccccc4OC)c(=O)c3c21. The number of amides is 1. The van der Waals surface area contributed by atoms with Gasteiger partial charge in [-0.25, -0.2) is 4.98 Å². The molecule has 1 N–H and O–H groups in total. The van der Waals surface area contributed by atoms with Crippen LogP contribution >= 0.6 is 11.3 Å². The highest BCUT2D eigenvalue weighted by atomic mass is 32.1. The number of hydrogen-bond donors (Lipinski definition) is 1. The van der Waals surface area contributed by atoms with Gasteiger partial charge in [0.1, 0.15) is 22.9 Å². The number of hydrogen-bond acceptors (Lipinski definition) is 7. The number of carbonyl (C=O) groups is 2. The number of methoxy groups -OCH3 is 1. The molecule has 9 heteroatoms. The lowest BCUT2D eigenvalue weighted by molar-refractivity contribution is -0.145. The Labute approximate surface area is 189 Å². The van der Waals surface area contributed by atoms with Gasteiger partial charge in [-0.3, -0.25) is 19.0 Å². The fourth-order valence-corrected chi connectivity index (χ4v) is 5.47. The Morgan fingerprint density at radius 1 is 1.31 bits per heavy atom. The van der Waals surface area contributed by atoms with Crippen LogP contribution in [0.25, 0.3) is 10.2 Å².